The van der Waals surface area contributed by atoms with E-state index in [-0.39, 0.29) is 16.7 Å². The van der Waals surface area contributed by atoms with Crippen LogP contribution in [0.15, 0.2) is 30.5 Å². The molecule has 8 heteroatoms. The Labute approximate surface area is 193 Å². The highest BCUT2D eigenvalue weighted by molar-refractivity contribution is 7.10. The number of amides is 2. The van der Waals surface area contributed by atoms with Crippen molar-refractivity contribution >= 4 is 17.4 Å². The Balaban J connectivity index is 1.80. The molecule has 176 valence electrons. The van der Waals surface area contributed by atoms with Gasteiger partial charge in [0.05, 0.1) is 0 Å². The summed E-state index contributed by atoms with van der Waals surface area (Å²) in [6, 6.07) is 6.67. The summed E-state index contributed by atoms with van der Waals surface area (Å²) in [7, 11) is 0. The van der Waals surface area contributed by atoms with Gasteiger partial charge in [-0.25, -0.2) is 9.18 Å². The maximum atomic E-state index is 15.7. The molecule has 1 fully saturated rings. The van der Waals surface area contributed by atoms with Crippen molar-refractivity contribution < 1.29 is 13.6 Å². The normalized spacial score (nSPS) is 20.5. The lowest BCUT2D eigenvalue weighted by atomic mass is 9.80. The summed E-state index contributed by atoms with van der Waals surface area (Å²) in [6.45, 7) is 11.1. The van der Waals surface area contributed by atoms with Crippen LogP contribution in [0.4, 0.5) is 13.6 Å². The highest BCUT2D eigenvalue weighted by Gasteiger charge is 2.49. The standard InChI is InChI=1S/C24H34F2N4OS/c1-16(2)28-22(31)29-21(26)24(11-10-19-8-9-20(25)32-19)12-13-30(15-24)23(4,5)18-7-6-17(3)27-14-18/h6-9,14,16,21H,10-13,15H2,1-5H3,(H2,28,29,31)/t21-,24-/m1/s1. The van der Waals surface area contributed by atoms with Crippen LogP contribution in [0.3, 0.4) is 0 Å². The second-order valence-corrected chi connectivity index (χ2v) is 10.7. The number of nitrogens with zero attached hydrogens (tertiary/aromatic N) is 2. The van der Waals surface area contributed by atoms with Gasteiger partial charge in [0.2, 0.25) is 0 Å². The number of pyridine rings is 1. The molecule has 0 saturated carbocycles. The number of nitrogens with one attached hydrogen (secondary N) is 2. The molecule has 0 radical (unpaired) electrons. The summed E-state index contributed by atoms with van der Waals surface area (Å²) < 4.78 is 29.2. The summed E-state index contributed by atoms with van der Waals surface area (Å²) >= 11 is 1.10. The molecule has 0 spiro atoms. The van der Waals surface area contributed by atoms with Crippen molar-refractivity contribution in [3.05, 3.63) is 51.7 Å². The highest BCUT2D eigenvalue weighted by atomic mass is 32.1. The van der Waals surface area contributed by atoms with Gasteiger partial charge in [0.1, 0.15) is 0 Å². The Hall–Kier alpha value is -2.06. The van der Waals surface area contributed by atoms with Crippen molar-refractivity contribution in [1.29, 1.82) is 0 Å². The number of aryl methyl sites for hydroxylation is 2. The van der Waals surface area contributed by atoms with Crippen LogP contribution in [-0.4, -0.2) is 41.3 Å². The highest BCUT2D eigenvalue weighted by Crippen LogP contribution is 2.44. The number of aromatic nitrogens is 1. The zero-order valence-electron chi connectivity index (χ0n) is 19.5. The first-order valence-corrected chi connectivity index (χ1v) is 12.0. The van der Waals surface area contributed by atoms with Crippen LogP contribution in [-0.2, 0) is 12.0 Å². The third-order valence-electron chi connectivity index (χ3n) is 6.51. The predicted octanol–water partition coefficient (Wildman–Crippen LogP) is 5.15. The monoisotopic (exact) mass is 464 g/mol. The molecule has 1 saturated heterocycles. The fourth-order valence-electron chi connectivity index (χ4n) is 4.35. The van der Waals surface area contributed by atoms with Gasteiger partial charge >= 0.3 is 6.03 Å². The van der Waals surface area contributed by atoms with E-state index in [0.717, 1.165) is 27.5 Å². The van der Waals surface area contributed by atoms with Crippen LogP contribution in [0.2, 0.25) is 0 Å². The van der Waals surface area contributed by atoms with Gasteiger partial charge in [0.25, 0.3) is 0 Å². The van der Waals surface area contributed by atoms with Crippen LogP contribution in [0.5, 0.6) is 0 Å². The topological polar surface area (TPSA) is 57.3 Å². The van der Waals surface area contributed by atoms with Gasteiger partial charge in [0, 0.05) is 40.3 Å². The van der Waals surface area contributed by atoms with E-state index in [2.05, 4.69) is 40.4 Å². The van der Waals surface area contributed by atoms with E-state index in [1.807, 2.05) is 33.0 Å². The number of hydrogen-bond acceptors (Lipinski definition) is 4. The molecule has 2 aromatic heterocycles. The fraction of sp³-hybridized carbons (Fsp3) is 0.583. The molecular formula is C24H34F2N4OS. The zero-order chi connectivity index (χ0) is 23.5. The molecule has 2 N–H and O–H groups in total. The molecule has 1 aliphatic rings. The molecular weight excluding hydrogens is 430 g/mol. The maximum absolute atomic E-state index is 15.7. The number of likely N-dealkylation sites (tertiary alicyclic amines) is 1. The van der Waals surface area contributed by atoms with Gasteiger partial charge in [0.15, 0.2) is 11.4 Å². The smallest absolute Gasteiger partial charge is 0.317 e. The quantitative estimate of drug-likeness (QED) is 0.531. The second kappa shape index (κ2) is 9.83. The second-order valence-electron chi connectivity index (χ2n) is 9.62. The molecule has 0 aliphatic carbocycles. The number of rotatable bonds is 8. The molecule has 3 rings (SSSR count). The van der Waals surface area contributed by atoms with Gasteiger partial charge in [-0.2, -0.15) is 4.39 Å². The van der Waals surface area contributed by atoms with E-state index in [4.69, 9.17) is 0 Å². The Bertz CT molecular complexity index is 915. The number of alkyl halides is 1. The molecule has 32 heavy (non-hydrogen) atoms. The third kappa shape index (κ3) is 5.64. The van der Waals surface area contributed by atoms with Gasteiger partial charge in [-0.1, -0.05) is 6.07 Å². The van der Waals surface area contributed by atoms with E-state index >= 15 is 4.39 Å². The zero-order valence-corrected chi connectivity index (χ0v) is 20.4. The summed E-state index contributed by atoms with van der Waals surface area (Å²) in [5, 5.41) is 5.00. The lowest BCUT2D eigenvalue weighted by Gasteiger charge is -2.39. The van der Waals surface area contributed by atoms with Crippen LogP contribution < -0.4 is 10.6 Å². The summed E-state index contributed by atoms with van der Waals surface area (Å²) in [5.74, 6) is 0. The average Bonchev–Trinajstić information content (AvgIpc) is 3.33. The van der Waals surface area contributed by atoms with Gasteiger partial charge in [-0.3, -0.25) is 9.88 Å². The van der Waals surface area contributed by atoms with Crippen LogP contribution in [0.25, 0.3) is 0 Å². The number of carbonyl (C=O) groups is 1. The number of thiophene rings is 1. The number of halogens is 2. The molecule has 2 aromatic rings. The minimum Gasteiger partial charge on any atom is -0.336 e. The minimum absolute atomic E-state index is 0.0831. The first-order valence-electron chi connectivity index (χ1n) is 11.2. The molecule has 5 nitrogen and oxygen atoms in total. The molecule has 0 unspecified atom stereocenters. The molecule has 0 bridgehead atoms. The van der Waals surface area contributed by atoms with Crippen molar-refractivity contribution in [3.63, 3.8) is 0 Å². The van der Waals surface area contributed by atoms with Crippen molar-refractivity contribution in [2.24, 2.45) is 5.41 Å². The van der Waals surface area contributed by atoms with E-state index in [1.165, 1.54) is 6.07 Å². The number of carbonyl (C=O) groups excluding carboxylic acids is 1. The van der Waals surface area contributed by atoms with Gasteiger partial charge < -0.3 is 10.6 Å². The Kier molecular flexibility index (Phi) is 7.55. The third-order valence-corrected chi connectivity index (χ3v) is 7.44. The Morgan fingerprint density at radius 3 is 2.62 bits per heavy atom. The molecule has 2 amide bonds. The van der Waals surface area contributed by atoms with Crippen LogP contribution >= 0.6 is 11.3 Å². The largest absolute Gasteiger partial charge is 0.336 e. The van der Waals surface area contributed by atoms with E-state index in [9.17, 15) is 9.18 Å². The van der Waals surface area contributed by atoms with E-state index in [0.29, 0.717) is 32.4 Å². The van der Waals surface area contributed by atoms with Gasteiger partial charge in [-0.15, -0.1) is 11.3 Å². The first-order chi connectivity index (χ1) is 15.0. The summed E-state index contributed by atoms with van der Waals surface area (Å²) in [4.78, 5) is 19.8. The predicted molar refractivity (Wildman–Crippen MR) is 125 cm³/mol. The summed E-state index contributed by atoms with van der Waals surface area (Å²) in [6.07, 6.45) is 2.07. The van der Waals surface area contributed by atoms with Crippen molar-refractivity contribution in [2.45, 2.75) is 71.8 Å². The van der Waals surface area contributed by atoms with Crippen molar-refractivity contribution in [3.8, 4) is 0 Å². The lowest BCUT2D eigenvalue weighted by Crippen LogP contribution is -2.52. The SMILES string of the molecule is Cc1ccc(C(C)(C)N2CC[C@@](CCc3ccc(F)s3)([C@H](F)NC(=O)NC(C)C)C2)cn1. The minimum atomic E-state index is -1.51. The van der Waals surface area contributed by atoms with E-state index < -0.39 is 17.7 Å². The Morgan fingerprint density at radius 2 is 2.03 bits per heavy atom. The maximum Gasteiger partial charge on any atom is 0.317 e. The lowest BCUT2D eigenvalue weighted by molar-refractivity contribution is 0.0580. The van der Waals surface area contributed by atoms with Crippen molar-refractivity contribution in [1.82, 2.24) is 20.5 Å². The Morgan fingerprint density at radius 1 is 1.28 bits per heavy atom. The van der Waals surface area contributed by atoms with Crippen molar-refractivity contribution in [2.75, 3.05) is 13.1 Å². The molecule has 2 atom stereocenters. The number of hydrogen-bond donors (Lipinski definition) is 2. The van der Waals surface area contributed by atoms with Gasteiger partial charge in [-0.05, 0) is 84.2 Å². The first kappa shape index (κ1) is 24.6. The molecule has 3 heterocycles. The molecule has 0 aromatic carbocycles. The van der Waals surface area contributed by atoms with Crippen LogP contribution in [0.1, 0.15) is 56.7 Å². The van der Waals surface area contributed by atoms with E-state index in [1.54, 1.807) is 6.07 Å². The van der Waals surface area contributed by atoms with Crippen LogP contribution in [0, 0.1) is 17.5 Å². The molecule has 1 aliphatic heterocycles. The summed E-state index contributed by atoms with van der Waals surface area (Å²) in [5.41, 5.74) is 0.925. The number of urea groups is 1. The fourth-order valence-corrected chi connectivity index (χ4v) is 5.08. The average molecular weight is 465 g/mol.